The molecule has 2 rings (SSSR count). The van der Waals surface area contributed by atoms with Crippen LogP contribution in [0.15, 0.2) is 16.7 Å². The van der Waals surface area contributed by atoms with Gasteiger partial charge in [-0.3, -0.25) is 0 Å². The first-order chi connectivity index (χ1) is 11.1. The Labute approximate surface area is 147 Å². The third kappa shape index (κ3) is 4.12. The summed E-state index contributed by atoms with van der Waals surface area (Å²) >= 11 is 3.04. The molecule has 0 spiro atoms. The highest BCUT2D eigenvalue weighted by Gasteiger charge is 2.37. The summed E-state index contributed by atoms with van der Waals surface area (Å²) in [5.41, 5.74) is -0.743. The predicted molar refractivity (Wildman–Crippen MR) is 89.0 cm³/mol. The Hall–Kier alpha value is -1.51. The van der Waals surface area contributed by atoms with Crippen LogP contribution in [0, 0.1) is 0 Å². The van der Waals surface area contributed by atoms with Gasteiger partial charge in [0.1, 0.15) is 5.82 Å². The Morgan fingerprint density at radius 1 is 1.29 bits per heavy atom. The Bertz CT molecular complexity index is 601. The van der Waals surface area contributed by atoms with Crippen LogP contribution in [-0.4, -0.2) is 61.1 Å². The van der Waals surface area contributed by atoms with Crippen molar-refractivity contribution in [3.63, 3.8) is 0 Å². The van der Waals surface area contributed by atoms with Crippen LogP contribution in [-0.2, 0) is 6.18 Å². The highest BCUT2D eigenvalue weighted by molar-refractivity contribution is 9.10. The van der Waals surface area contributed by atoms with Crippen LogP contribution >= 0.6 is 15.9 Å². The quantitative estimate of drug-likeness (QED) is 0.752. The molecule has 0 aromatic carbocycles. The molecule has 0 bridgehead atoms. The molecule has 2 heterocycles. The van der Waals surface area contributed by atoms with E-state index in [-0.39, 0.29) is 17.9 Å². The second-order valence-corrected chi connectivity index (χ2v) is 6.94. The summed E-state index contributed by atoms with van der Waals surface area (Å²) in [4.78, 5) is 20.7. The van der Waals surface area contributed by atoms with E-state index in [1.54, 1.807) is 30.9 Å². The third-order valence-corrected chi connectivity index (χ3v) is 4.57. The first-order valence-electron chi connectivity index (χ1n) is 7.53. The summed E-state index contributed by atoms with van der Waals surface area (Å²) < 4.78 is 40.0. The van der Waals surface area contributed by atoms with Crippen LogP contribution in [0.5, 0.6) is 0 Å². The number of carbonyl (C=O) groups excluding carboxylic acids is 1. The molecule has 0 aliphatic carbocycles. The zero-order valence-electron chi connectivity index (χ0n) is 13.8. The summed E-state index contributed by atoms with van der Waals surface area (Å²) in [5, 5.41) is 0. The van der Waals surface area contributed by atoms with Crippen LogP contribution in [0.1, 0.15) is 18.4 Å². The molecule has 1 saturated heterocycles. The largest absolute Gasteiger partial charge is 0.419 e. The van der Waals surface area contributed by atoms with Crippen molar-refractivity contribution < 1.29 is 18.0 Å². The van der Waals surface area contributed by atoms with Gasteiger partial charge in [-0.2, -0.15) is 13.2 Å². The van der Waals surface area contributed by atoms with Crippen molar-refractivity contribution in [1.29, 1.82) is 0 Å². The van der Waals surface area contributed by atoms with Gasteiger partial charge in [-0.25, -0.2) is 9.78 Å². The zero-order valence-corrected chi connectivity index (χ0v) is 15.4. The molecule has 0 radical (unpaired) electrons. The van der Waals surface area contributed by atoms with E-state index in [4.69, 9.17) is 0 Å². The number of rotatable bonds is 2. The maximum Gasteiger partial charge on any atom is 0.419 e. The van der Waals surface area contributed by atoms with Gasteiger partial charge in [-0.1, -0.05) is 0 Å². The van der Waals surface area contributed by atoms with Gasteiger partial charge in [0.25, 0.3) is 0 Å². The number of piperidine rings is 1. The molecule has 1 aliphatic heterocycles. The van der Waals surface area contributed by atoms with E-state index < -0.39 is 11.7 Å². The van der Waals surface area contributed by atoms with Gasteiger partial charge < -0.3 is 14.7 Å². The molecule has 0 N–H and O–H groups in total. The van der Waals surface area contributed by atoms with Gasteiger partial charge in [0.05, 0.1) is 5.56 Å². The third-order valence-electron chi connectivity index (χ3n) is 4.13. The molecule has 1 aromatic rings. The molecule has 134 valence electrons. The Balaban J connectivity index is 2.12. The predicted octanol–water partition coefficient (Wildman–Crippen LogP) is 3.45. The lowest BCUT2D eigenvalue weighted by atomic mass is 10.0. The number of halogens is 4. The number of pyridine rings is 1. The number of alkyl halides is 3. The smallest absolute Gasteiger partial charge is 0.356 e. The van der Waals surface area contributed by atoms with E-state index in [1.807, 2.05) is 0 Å². The second kappa shape index (κ2) is 7.16. The number of carbonyl (C=O) groups is 1. The van der Waals surface area contributed by atoms with Gasteiger partial charge >= 0.3 is 12.2 Å². The van der Waals surface area contributed by atoms with Crippen LogP contribution in [0.3, 0.4) is 0 Å². The first-order valence-corrected chi connectivity index (χ1v) is 8.32. The van der Waals surface area contributed by atoms with E-state index in [0.717, 1.165) is 6.07 Å². The van der Waals surface area contributed by atoms with Gasteiger partial charge in [-0.15, -0.1) is 0 Å². The molecular weight excluding hydrogens is 389 g/mol. The number of nitrogens with zero attached hydrogens (tertiary/aromatic N) is 4. The Morgan fingerprint density at radius 2 is 1.88 bits per heavy atom. The molecule has 0 saturated carbocycles. The number of amides is 2. The van der Waals surface area contributed by atoms with Crippen molar-refractivity contribution in [1.82, 2.24) is 14.8 Å². The lowest BCUT2D eigenvalue weighted by Crippen LogP contribution is -2.48. The highest BCUT2D eigenvalue weighted by Crippen LogP contribution is 2.37. The Kier molecular flexibility index (Phi) is 5.62. The van der Waals surface area contributed by atoms with Crippen LogP contribution in [0.25, 0.3) is 0 Å². The zero-order chi connectivity index (χ0) is 18.1. The summed E-state index contributed by atoms with van der Waals surface area (Å²) in [6.07, 6.45) is -1.88. The number of urea groups is 1. The van der Waals surface area contributed by atoms with Gasteiger partial charge in [0, 0.05) is 50.9 Å². The highest BCUT2D eigenvalue weighted by atomic mass is 79.9. The number of anilines is 1. The first kappa shape index (κ1) is 18.8. The van der Waals surface area contributed by atoms with Gasteiger partial charge in [0.2, 0.25) is 0 Å². The van der Waals surface area contributed by atoms with Crippen molar-refractivity contribution >= 4 is 27.8 Å². The van der Waals surface area contributed by atoms with Crippen LogP contribution in [0.2, 0.25) is 0 Å². The molecule has 2 amide bonds. The maximum absolute atomic E-state index is 13.2. The maximum atomic E-state index is 13.2. The molecule has 24 heavy (non-hydrogen) atoms. The van der Waals surface area contributed by atoms with Gasteiger partial charge in [-0.05, 0) is 34.8 Å². The summed E-state index contributed by atoms with van der Waals surface area (Å²) in [6.45, 7) is 0.848. The fourth-order valence-electron chi connectivity index (χ4n) is 2.83. The van der Waals surface area contributed by atoms with Crippen molar-refractivity contribution in [3.8, 4) is 0 Å². The van der Waals surface area contributed by atoms with E-state index in [0.29, 0.717) is 30.4 Å². The molecule has 9 heteroatoms. The fraction of sp³-hybridized carbons (Fsp3) is 0.600. The molecule has 0 atom stereocenters. The monoisotopic (exact) mass is 408 g/mol. The molecule has 1 fully saturated rings. The minimum atomic E-state index is -4.46. The van der Waals surface area contributed by atoms with Crippen molar-refractivity contribution in [2.45, 2.75) is 25.1 Å². The van der Waals surface area contributed by atoms with Crippen molar-refractivity contribution in [2.75, 3.05) is 39.1 Å². The normalized spacial score (nSPS) is 16.2. The molecule has 5 nitrogen and oxygen atoms in total. The minimum absolute atomic E-state index is 0.0148. The minimum Gasteiger partial charge on any atom is -0.356 e. The van der Waals surface area contributed by atoms with E-state index in [9.17, 15) is 18.0 Å². The molecule has 0 unspecified atom stereocenters. The van der Waals surface area contributed by atoms with Gasteiger partial charge in [0.15, 0.2) is 0 Å². The SMILES string of the molecule is CN(C)C(=O)N(C)C1CCN(c2ncc(Br)cc2C(F)(F)F)CC1. The van der Waals surface area contributed by atoms with Crippen LogP contribution < -0.4 is 4.90 Å². The van der Waals surface area contributed by atoms with E-state index in [1.165, 1.54) is 11.1 Å². The van der Waals surface area contributed by atoms with Crippen molar-refractivity contribution in [2.24, 2.45) is 0 Å². The lowest BCUT2D eigenvalue weighted by molar-refractivity contribution is -0.137. The number of hydrogen-bond acceptors (Lipinski definition) is 3. The average Bonchev–Trinajstić information content (AvgIpc) is 2.52. The lowest BCUT2D eigenvalue weighted by Gasteiger charge is -2.38. The Morgan fingerprint density at radius 3 is 2.38 bits per heavy atom. The van der Waals surface area contributed by atoms with E-state index >= 15 is 0 Å². The summed E-state index contributed by atoms with van der Waals surface area (Å²) in [6, 6.07) is 0.961. The standard InChI is InChI=1S/C15H20BrF3N4O/c1-21(2)14(24)22(3)11-4-6-23(7-5-11)13-12(15(17,18)19)8-10(16)9-20-13/h8-9,11H,4-7H2,1-3H3. The number of aromatic nitrogens is 1. The van der Waals surface area contributed by atoms with Crippen LogP contribution in [0.4, 0.5) is 23.8 Å². The number of hydrogen-bond donors (Lipinski definition) is 0. The summed E-state index contributed by atoms with van der Waals surface area (Å²) in [5.74, 6) is -0.0502. The average molecular weight is 409 g/mol. The summed E-state index contributed by atoms with van der Waals surface area (Å²) in [7, 11) is 5.08. The fourth-order valence-corrected chi connectivity index (χ4v) is 3.16. The molecule has 1 aromatic heterocycles. The van der Waals surface area contributed by atoms with Crippen molar-refractivity contribution in [3.05, 3.63) is 22.3 Å². The van der Waals surface area contributed by atoms with E-state index in [2.05, 4.69) is 20.9 Å². The second-order valence-electron chi connectivity index (χ2n) is 6.03. The molecular formula is C15H20BrF3N4O. The topological polar surface area (TPSA) is 39.7 Å². The molecule has 1 aliphatic rings.